The molecule has 1 N–H and O–H groups in total. The highest BCUT2D eigenvalue weighted by molar-refractivity contribution is 7.98. The van der Waals surface area contributed by atoms with Gasteiger partial charge in [-0.05, 0) is 56.5 Å². The van der Waals surface area contributed by atoms with Crippen LogP contribution in [0.25, 0.3) is 11.0 Å². The van der Waals surface area contributed by atoms with Gasteiger partial charge in [0.2, 0.25) is 15.9 Å². The summed E-state index contributed by atoms with van der Waals surface area (Å²) in [5.74, 6) is 1.16. The number of amides is 1. The molecule has 1 amide bonds. The Bertz CT molecular complexity index is 1170. The predicted octanol–water partition coefficient (Wildman–Crippen LogP) is 3.42. The number of para-hydroxylation sites is 2. The molecule has 172 valence electrons. The lowest BCUT2D eigenvalue weighted by Crippen LogP contribution is -2.47. The van der Waals surface area contributed by atoms with Crippen molar-refractivity contribution in [1.29, 1.82) is 0 Å². The van der Waals surface area contributed by atoms with Crippen molar-refractivity contribution < 1.29 is 13.2 Å². The smallest absolute Gasteiger partial charge is 0.241 e. The second-order valence-electron chi connectivity index (χ2n) is 7.72. The number of thioether (sulfide) groups is 1. The summed E-state index contributed by atoms with van der Waals surface area (Å²) in [6.45, 7) is 4.96. The molecule has 3 aromatic rings. The van der Waals surface area contributed by atoms with Crippen molar-refractivity contribution >= 4 is 38.7 Å². The third-order valence-corrected chi connectivity index (χ3v) is 7.47. The van der Waals surface area contributed by atoms with Crippen molar-refractivity contribution in [2.24, 2.45) is 0 Å². The molecule has 0 saturated carbocycles. The van der Waals surface area contributed by atoms with E-state index in [4.69, 9.17) is 0 Å². The predicted molar refractivity (Wildman–Crippen MR) is 130 cm³/mol. The van der Waals surface area contributed by atoms with E-state index in [0.717, 1.165) is 29.0 Å². The molecule has 0 spiro atoms. The minimum Gasteiger partial charge on any atom is -0.337 e. The molecule has 2 aromatic carbocycles. The van der Waals surface area contributed by atoms with Crippen LogP contribution in [-0.2, 0) is 27.9 Å². The fraction of sp³-hybridized carbons (Fsp3) is 0.391. The number of imidazole rings is 1. The van der Waals surface area contributed by atoms with Gasteiger partial charge in [-0.2, -0.15) is 16.5 Å². The van der Waals surface area contributed by atoms with E-state index in [2.05, 4.69) is 14.3 Å². The van der Waals surface area contributed by atoms with Crippen LogP contribution in [0.5, 0.6) is 0 Å². The zero-order valence-electron chi connectivity index (χ0n) is 18.9. The topological polar surface area (TPSA) is 84.3 Å². The summed E-state index contributed by atoms with van der Waals surface area (Å²) < 4.78 is 30.5. The Labute approximate surface area is 194 Å². The fourth-order valence-corrected chi connectivity index (χ4v) is 5.29. The molecule has 0 aliphatic heterocycles. The summed E-state index contributed by atoms with van der Waals surface area (Å²) >= 11 is 1.57. The summed E-state index contributed by atoms with van der Waals surface area (Å²) in [6.07, 6.45) is 2.34. The van der Waals surface area contributed by atoms with E-state index in [0.29, 0.717) is 18.7 Å². The second kappa shape index (κ2) is 10.5. The van der Waals surface area contributed by atoms with E-state index in [1.807, 2.05) is 44.4 Å². The summed E-state index contributed by atoms with van der Waals surface area (Å²) in [4.78, 5) is 19.7. The first-order chi connectivity index (χ1) is 15.3. The first-order valence-corrected chi connectivity index (χ1v) is 13.4. The average molecular weight is 475 g/mol. The van der Waals surface area contributed by atoms with Crippen LogP contribution >= 0.6 is 11.8 Å². The summed E-state index contributed by atoms with van der Waals surface area (Å²) in [6, 6.07) is 13.6. The molecule has 7 nitrogen and oxygen atoms in total. The van der Waals surface area contributed by atoms with Gasteiger partial charge < -0.3 is 9.47 Å². The second-order valence-corrected chi connectivity index (χ2v) is 10.4. The molecule has 0 aliphatic carbocycles. The maximum atomic E-state index is 13.3. The Kier molecular flexibility index (Phi) is 7.97. The molecule has 1 atom stereocenters. The van der Waals surface area contributed by atoms with Crippen LogP contribution in [0.2, 0.25) is 0 Å². The number of aromatic nitrogens is 2. The van der Waals surface area contributed by atoms with Gasteiger partial charge in [0, 0.05) is 13.6 Å². The van der Waals surface area contributed by atoms with Gasteiger partial charge in [-0.25, -0.2) is 13.4 Å². The number of benzene rings is 2. The highest BCUT2D eigenvalue weighted by Gasteiger charge is 2.28. The Morgan fingerprint density at radius 1 is 1.19 bits per heavy atom. The van der Waals surface area contributed by atoms with Gasteiger partial charge in [-0.1, -0.05) is 29.8 Å². The number of nitrogens with zero attached hydrogens (tertiary/aromatic N) is 3. The van der Waals surface area contributed by atoms with E-state index in [-0.39, 0.29) is 10.8 Å². The summed E-state index contributed by atoms with van der Waals surface area (Å²) in [7, 11) is -2.13. The lowest BCUT2D eigenvalue weighted by Gasteiger charge is -2.24. The zero-order valence-corrected chi connectivity index (χ0v) is 20.5. The number of nitrogens with one attached hydrogen (secondary N) is 1. The third kappa shape index (κ3) is 5.51. The largest absolute Gasteiger partial charge is 0.337 e. The number of likely N-dealkylation sites (N-methyl/N-ethyl adjacent to an activating group) is 1. The lowest BCUT2D eigenvalue weighted by molar-refractivity contribution is -0.132. The number of rotatable bonds is 10. The van der Waals surface area contributed by atoms with Crippen molar-refractivity contribution in [3.63, 3.8) is 0 Å². The van der Waals surface area contributed by atoms with Crippen LogP contribution in [0.4, 0.5) is 0 Å². The number of carbonyl (C=O) groups is 1. The monoisotopic (exact) mass is 474 g/mol. The molecule has 1 heterocycles. The molecule has 0 saturated heterocycles. The number of carbonyl (C=O) groups excluding carboxylic acids is 1. The number of aryl methyl sites for hydroxylation is 2. The van der Waals surface area contributed by atoms with E-state index in [9.17, 15) is 13.2 Å². The van der Waals surface area contributed by atoms with Crippen LogP contribution in [0.1, 0.15) is 24.7 Å². The number of fused-ring (bicyclic) bond motifs is 1. The molecule has 0 bridgehead atoms. The van der Waals surface area contributed by atoms with Gasteiger partial charge in [0.25, 0.3) is 0 Å². The molecule has 3 rings (SSSR count). The standard InChI is InChI=1S/C23H30N4O3S2/c1-5-27-21-9-7-6-8-19(21)24-22(27)16-26(3)23(28)20(14-15-31-4)25-32(29,30)18-12-10-17(2)11-13-18/h6-13,20,25H,5,14-16H2,1-4H3. The van der Waals surface area contributed by atoms with Gasteiger partial charge in [-0.3, -0.25) is 4.79 Å². The van der Waals surface area contributed by atoms with Gasteiger partial charge in [0.15, 0.2) is 0 Å². The first kappa shape index (κ1) is 24.3. The molecule has 0 radical (unpaired) electrons. The van der Waals surface area contributed by atoms with Crippen LogP contribution in [0.15, 0.2) is 53.4 Å². The van der Waals surface area contributed by atoms with Gasteiger partial charge >= 0.3 is 0 Å². The minimum atomic E-state index is -3.82. The van der Waals surface area contributed by atoms with Crippen LogP contribution in [0, 0.1) is 6.92 Å². The van der Waals surface area contributed by atoms with Crippen molar-refractivity contribution in [2.75, 3.05) is 19.1 Å². The van der Waals surface area contributed by atoms with Gasteiger partial charge in [-0.15, -0.1) is 0 Å². The fourth-order valence-electron chi connectivity index (χ4n) is 3.60. The van der Waals surface area contributed by atoms with E-state index >= 15 is 0 Å². The number of sulfonamides is 1. The van der Waals surface area contributed by atoms with Crippen molar-refractivity contribution in [2.45, 2.75) is 44.3 Å². The van der Waals surface area contributed by atoms with Crippen molar-refractivity contribution in [1.82, 2.24) is 19.2 Å². The number of hydrogen-bond donors (Lipinski definition) is 1. The quantitative estimate of drug-likeness (QED) is 0.487. The SMILES string of the molecule is CCn1c(CN(C)C(=O)C(CCSC)NS(=O)(=O)c2ccc(C)cc2)nc2ccccc21. The first-order valence-electron chi connectivity index (χ1n) is 10.5. The normalized spacial score (nSPS) is 12.8. The average Bonchev–Trinajstić information content (AvgIpc) is 3.13. The maximum absolute atomic E-state index is 13.3. The van der Waals surface area contributed by atoms with Crippen molar-refractivity contribution in [3.8, 4) is 0 Å². The van der Waals surface area contributed by atoms with E-state index in [1.54, 1.807) is 48.0 Å². The maximum Gasteiger partial charge on any atom is 0.241 e. The van der Waals surface area contributed by atoms with Gasteiger partial charge in [0.05, 0.1) is 22.5 Å². The molecular weight excluding hydrogens is 444 g/mol. The Hall–Kier alpha value is -2.36. The van der Waals surface area contributed by atoms with Gasteiger partial charge in [0.1, 0.15) is 11.9 Å². The zero-order chi connectivity index (χ0) is 23.3. The lowest BCUT2D eigenvalue weighted by atomic mass is 10.2. The van der Waals surface area contributed by atoms with Crippen LogP contribution in [0.3, 0.4) is 0 Å². The summed E-state index contributed by atoms with van der Waals surface area (Å²) in [5, 5.41) is 0. The molecule has 32 heavy (non-hydrogen) atoms. The molecule has 1 aromatic heterocycles. The molecule has 1 unspecified atom stereocenters. The summed E-state index contributed by atoms with van der Waals surface area (Å²) in [5.41, 5.74) is 2.87. The van der Waals surface area contributed by atoms with Crippen LogP contribution < -0.4 is 4.72 Å². The highest BCUT2D eigenvalue weighted by Crippen LogP contribution is 2.18. The molecule has 0 fully saturated rings. The van der Waals surface area contributed by atoms with Crippen LogP contribution in [-0.4, -0.2) is 53.9 Å². The number of hydrogen-bond acceptors (Lipinski definition) is 5. The van der Waals surface area contributed by atoms with E-state index in [1.165, 1.54) is 0 Å². The minimum absolute atomic E-state index is 0.153. The molecule has 9 heteroatoms. The molecular formula is C23H30N4O3S2. The van der Waals surface area contributed by atoms with Crippen molar-refractivity contribution in [3.05, 3.63) is 59.9 Å². The van der Waals surface area contributed by atoms with E-state index < -0.39 is 16.1 Å². The Morgan fingerprint density at radius 2 is 1.88 bits per heavy atom. The highest BCUT2D eigenvalue weighted by atomic mass is 32.2. The molecule has 0 aliphatic rings. The Balaban J connectivity index is 1.81. The Morgan fingerprint density at radius 3 is 2.53 bits per heavy atom. The third-order valence-electron chi connectivity index (χ3n) is 5.34.